The minimum atomic E-state index is -0.00477. The number of rotatable bonds is 3. The molecule has 1 aromatic heterocycles. The molecule has 0 aliphatic carbocycles. The Labute approximate surface area is 136 Å². The molecule has 1 aliphatic rings. The van der Waals surface area contributed by atoms with E-state index < -0.39 is 0 Å². The second kappa shape index (κ2) is 6.54. The number of fused-ring (bicyclic) bond motifs is 1. The van der Waals surface area contributed by atoms with Crippen molar-refractivity contribution in [3.05, 3.63) is 46.8 Å². The predicted octanol–water partition coefficient (Wildman–Crippen LogP) is 1.55. The zero-order valence-corrected chi connectivity index (χ0v) is 13.7. The van der Waals surface area contributed by atoms with E-state index in [1.165, 1.54) is 6.07 Å². The van der Waals surface area contributed by atoms with E-state index in [0.717, 1.165) is 31.7 Å². The molecular formula is C18H23N3O2. The molecule has 0 bridgehead atoms. The van der Waals surface area contributed by atoms with Gasteiger partial charge in [-0.25, -0.2) is 0 Å². The molecular weight excluding hydrogens is 290 g/mol. The van der Waals surface area contributed by atoms with Gasteiger partial charge in [0.1, 0.15) is 6.54 Å². The molecule has 0 atom stereocenters. The van der Waals surface area contributed by atoms with Crippen molar-refractivity contribution in [3.63, 3.8) is 0 Å². The first-order valence-corrected chi connectivity index (χ1v) is 8.16. The summed E-state index contributed by atoms with van der Waals surface area (Å²) in [7, 11) is 0. The van der Waals surface area contributed by atoms with Crippen LogP contribution in [0.4, 0.5) is 0 Å². The van der Waals surface area contributed by atoms with E-state index in [0.29, 0.717) is 11.4 Å². The third-order valence-electron chi connectivity index (χ3n) is 4.59. The number of aromatic nitrogens is 1. The lowest BCUT2D eigenvalue weighted by molar-refractivity contribution is -0.133. The summed E-state index contributed by atoms with van der Waals surface area (Å²) >= 11 is 0. The smallest absolute Gasteiger partial charge is 0.242 e. The van der Waals surface area contributed by atoms with Gasteiger partial charge in [-0.05, 0) is 26.0 Å². The molecule has 1 fully saturated rings. The van der Waals surface area contributed by atoms with E-state index in [2.05, 4.69) is 18.7 Å². The van der Waals surface area contributed by atoms with E-state index >= 15 is 0 Å². The molecule has 0 radical (unpaired) electrons. The van der Waals surface area contributed by atoms with Crippen LogP contribution in [-0.2, 0) is 11.3 Å². The normalized spacial score (nSPS) is 16.2. The Bertz CT molecular complexity index is 758. The van der Waals surface area contributed by atoms with Crippen LogP contribution in [0, 0.1) is 0 Å². The number of para-hydroxylation sites is 1. The Kier molecular flexibility index (Phi) is 4.48. The Morgan fingerprint density at radius 2 is 1.78 bits per heavy atom. The maximum Gasteiger partial charge on any atom is 0.242 e. The fourth-order valence-corrected chi connectivity index (χ4v) is 3.13. The number of amides is 1. The lowest BCUT2D eigenvalue weighted by Crippen LogP contribution is -2.51. The van der Waals surface area contributed by atoms with Gasteiger partial charge >= 0.3 is 0 Å². The molecule has 2 aromatic rings. The molecule has 0 saturated carbocycles. The molecule has 23 heavy (non-hydrogen) atoms. The van der Waals surface area contributed by atoms with Crippen LogP contribution in [-0.4, -0.2) is 52.5 Å². The van der Waals surface area contributed by atoms with Gasteiger partial charge in [-0.3, -0.25) is 14.5 Å². The molecule has 0 spiro atoms. The van der Waals surface area contributed by atoms with E-state index in [-0.39, 0.29) is 17.9 Å². The number of piperazine rings is 1. The Balaban J connectivity index is 1.74. The van der Waals surface area contributed by atoms with E-state index in [1.807, 2.05) is 27.7 Å². The van der Waals surface area contributed by atoms with Gasteiger partial charge in [-0.1, -0.05) is 12.1 Å². The predicted molar refractivity (Wildman–Crippen MR) is 91.5 cm³/mol. The minimum Gasteiger partial charge on any atom is -0.339 e. The van der Waals surface area contributed by atoms with Gasteiger partial charge < -0.3 is 9.47 Å². The van der Waals surface area contributed by atoms with Gasteiger partial charge in [0.2, 0.25) is 5.91 Å². The largest absolute Gasteiger partial charge is 0.339 e. The standard InChI is InChI=1S/C18H23N3O2/c1-14(2)19-9-11-20(12-10-19)18(23)13-21-8-7-17(22)15-5-3-4-6-16(15)21/h3-8,14H,9-13H2,1-2H3. The third kappa shape index (κ3) is 3.29. The third-order valence-corrected chi connectivity index (χ3v) is 4.59. The van der Waals surface area contributed by atoms with Crippen molar-refractivity contribution < 1.29 is 4.79 Å². The number of pyridine rings is 1. The molecule has 3 rings (SSSR count). The van der Waals surface area contributed by atoms with Crippen LogP contribution in [0.3, 0.4) is 0 Å². The molecule has 1 amide bonds. The molecule has 1 aliphatic heterocycles. The summed E-state index contributed by atoms with van der Waals surface area (Å²) in [5.41, 5.74) is 0.809. The summed E-state index contributed by atoms with van der Waals surface area (Å²) in [5, 5.41) is 0.660. The zero-order valence-electron chi connectivity index (χ0n) is 13.7. The first-order valence-electron chi connectivity index (χ1n) is 8.16. The van der Waals surface area contributed by atoms with Gasteiger partial charge in [-0.2, -0.15) is 0 Å². The monoisotopic (exact) mass is 313 g/mol. The molecule has 1 saturated heterocycles. The van der Waals surface area contributed by atoms with Crippen LogP contribution < -0.4 is 5.43 Å². The van der Waals surface area contributed by atoms with Gasteiger partial charge in [-0.15, -0.1) is 0 Å². The maximum atomic E-state index is 12.6. The quantitative estimate of drug-likeness (QED) is 0.864. The van der Waals surface area contributed by atoms with Crippen molar-refractivity contribution in [3.8, 4) is 0 Å². The van der Waals surface area contributed by atoms with Crippen molar-refractivity contribution in [2.75, 3.05) is 26.2 Å². The van der Waals surface area contributed by atoms with Crippen molar-refractivity contribution >= 4 is 16.8 Å². The summed E-state index contributed by atoms with van der Waals surface area (Å²) in [6.07, 6.45) is 1.72. The number of hydrogen-bond acceptors (Lipinski definition) is 3. The highest BCUT2D eigenvalue weighted by molar-refractivity contribution is 5.82. The fourth-order valence-electron chi connectivity index (χ4n) is 3.13. The van der Waals surface area contributed by atoms with E-state index in [9.17, 15) is 9.59 Å². The summed E-state index contributed by atoms with van der Waals surface area (Å²) in [4.78, 5) is 28.8. The van der Waals surface area contributed by atoms with Crippen LogP contribution in [0.25, 0.3) is 10.9 Å². The minimum absolute atomic E-state index is 0.00477. The number of hydrogen-bond donors (Lipinski definition) is 0. The number of carbonyl (C=O) groups is 1. The number of carbonyl (C=O) groups excluding carboxylic acids is 1. The Morgan fingerprint density at radius 3 is 2.48 bits per heavy atom. The lowest BCUT2D eigenvalue weighted by Gasteiger charge is -2.37. The van der Waals surface area contributed by atoms with Crippen molar-refractivity contribution in [2.24, 2.45) is 0 Å². The molecule has 2 heterocycles. The maximum absolute atomic E-state index is 12.6. The first-order chi connectivity index (χ1) is 11.1. The SMILES string of the molecule is CC(C)N1CCN(C(=O)Cn2ccc(=O)c3ccccc32)CC1. The first kappa shape index (κ1) is 15.7. The highest BCUT2D eigenvalue weighted by Crippen LogP contribution is 2.11. The van der Waals surface area contributed by atoms with Crippen molar-refractivity contribution in [1.29, 1.82) is 0 Å². The molecule has 5 nitrogen and oxygen atoms in total. The molecule has 122 valence electrons. The van der Waals surface area contributed by atoms with E-state index in [1.54, 1.807) is 12.3 Å². The van der Waals surface area contributed by atoms with Crippen LogP contribution in [0.2, 0.25) is 0 Å². The zero-order chi connectivity index (χ0) is 16.4. The van der Waals surface area contributed by atoms with Crippen LogP contribution in [0.15, 0.2) is 41.3 Å². The van der Waals surface area contributed by atoms with Crippen molar-refractivity contribution in [1.82, 2.24) is 14.4 Å². The second-order valence-corrected chi connectivity index (χ2v) is 6.34. The van der Waals surface area contributed by atoms with E-state index in [4.69, 9.17) is 0 Å². The highest BCUT2D eigenvalue weighted by Gasteiger charge is 2.22. The van der Waals surface area contributed by atoms with Crippen LogP contribution in [0.1, 0.15) is 13.8 Å². The molecule has 0 N–H and O–H groups in total. The summed E-state index contributed by atoms with van der Waals surface area (Å²) in [5.74, 6) is 0.113. The lowest BCUT2D eigenvalue weighted by atomic mass is 10.2. The van der Waals surface area contributed by atoms with Gasteiger partial charge in [0, 0.05) is 49.9 Å². The number of nitrogens with zero attached hydrogens (tertiary/aromatic N) is 3. The van der Waals surface area contributed by atoms with Crippen LogP contribution in [0.5, 0.6) is 0 Å². The number of benzene rings is 1. The fraction of sp³-hybridized carbons (Fsp3) is 0.444. The van der Waals surface area contributed by atoms with Crippen molar-refractivity contribution in [2.45, 2.75) is 26.4 Å². The second-order valence-electron chi connectivity index (χ2n) is 6.34. The molecule has 5 heteroatoms. The highest BCUT2D eigenvalue weighted by atomic mass is 16.2. The van der Waals surface area contributed by atoms with Gasteiger partial charge in [0.25, 0.3) is 0 Å². The Morgan fingerprint density at radius 1 is 1.09 bits per heavy atom. The summed E-state index contributed by atoms with van der Waals surface area (Å²) in [6.45, 7) is 8.04. The summed E-state index contributed by atoms with van der Waals surface area (Å²) in [6, 6.07) is 9.49. The average molecular weight is 313 g/mol. The molecule has 1 aromatic carbocycles. The average Bonchev–Trinajstić information content (AvgIpc) is 2.57. The Hall–Kier alpha value is -2.14. The van der Waals surface area contributed by atoms with Gasteiger partial charge in [0.15, 0.2) is 5.43 Å². The molecule has 0 unspecified atom stereocenters. The van der Waals surface area contributed by atoms with Gasteiger partial charge in [0.05, 0.1) is 5.52 Å². The summed E-state index contributed by atoms with van der Waals surface area (Å²) < 4.78 is 1.87. The van der Waals surface area contributed by atoms with Crippen LogP contribution >= 0.6 is 0 Å². The topological polar surface area (TPSA) is 45.5 Å².